The number of hydrogen-bond acceptors (Lipinski definition) is 2. The third-order valence-corrected chi connectivity index (χ3v) is 3.50. The predicted molar refractivity (Wildman–Crippen MR) is 87.5 cm³/mol. The fourth-order valence-corrected chi connectivity index (χ4v) is 2.47. The Balaban J connectivity index is 2.34. The van der Waals surface area contributed by atoms with E-state index in [1.54, 1.807) is 6.07 Å². The first-order valence-corrected chi connectivity index (χ1v) is 7.58. The summed E-state index contributed by atoms with van der Waals surface area (Å²) in [5, 5.41) is 3.30. The highest BCUT2D eigenvalue weighted by atomic mass is 19.1. The highest BCUT2D eigenvalue weighted by Crippen LogP contribution is 2.29. The van der Waals surface area contributed by atoms with Crippen LogP contribution in [0.3, 0.4) is 0 Å². The van der Waals surface area contributed by atoms with Crippen molar-refractivity contribution in [3.8, 4) is 0 Å². The standard InChI is InChI=1S/C18H23FN2/c1-3-13-20-14-16-17(19)11-8-12-18(16)21(4-2)15-9-6-5-7-10-15/h5-12,20H,3-4,13-14H2,1-2H3. The first-order valence-electron chi connectivity index (χ1n) is 7.58. The minimum atomic E-state index is -0.148. The van der Waals surface area contributed by atoms with Crippen LogP contribution in [-0.2, 0) is 6.54 Å². The molecule has 21 heavy (non-hydrogen) atoms. The molecule has 0 spiro atoms. The van der Waals surface area contributed by atoms with E-state index in [9.17, 15) is 4.39 Å². The monoisotopic (exact) mass is 286 g/mol. The molecule has 112 valence electrons. The van der Waals surface area contributed by atoms with Crippen molar-refractivity contribution in [1.29, 1.82) is 0 Å². The Morgan fingerprint density at radius 3 is 2.43 bits per heavy atom. The summed E-state index contributed by atoms with van der Waals surface area (Å²) in [4.78, 5) is 2.14. The van der Waals surface area contributed by atoms with Gasteiger partial charge < -0.3 is 10.2 Å². The number of para-hydroxylation sites is 1. The Labute approximate surface area is 126 Å². The molecule has 0 atom stereocenters. The van der Waals surface area contributed by atoms with Crippen molar-refractivity contribution >= 4 is 11.4 Å². The molecule has 0 aliphatic rings. The highest BCUT2D eigenvalue weighted by molar-refractivity contribution is 5.66. The Bertz CT molecular complexity index is 554. The zero-order valence-corrected chi connectivity index (χ0v) is 12.8. The van der Waals surface area contributed by atoms with Crippen molar-refractivity contribution in [2.75, 3.05) is 18.0 Å². The number of nitrogens with one attached hydrogen (secondary N) is 1. The van der Waals surface area contributed by atoms with Crippen molar-refractivity contribution in [3.05, 3.63) is 59.9 Å². The van der Waals surface area contributed by atoms with Crippen LogP contribution in [-0.4, -0.2) is 13.1 Å². The second kappa shape index (κ2) is 7.79. The summed E-state index contributed by atoms with van der Waals surface area (Å²) in [7, 11) is 0. The van der Waals surface area contributed by atoms with E-state index >= 15 is 0 Å². The van der Waals surface area contributed by atoms with Gasteiger partial charge in [0.1, 0.15) is 5.82 Å². The molecular formula is C18H23FN2. The molecular weight excluding hydrogens is 263 g/mol. The molecule has 0 heterocycles. The van der Waals surface area contributed by atoms with Crippen LogP contribution in [0.4, 0.5) is 15.8 Å². The second-order valence-corrected chi connectivity index (χ2v) is 4.99. The lowest BCUT2D eigenvalue weighted by Gasteiger charge is -2.26. The van der Waals surface area contributed by atoms with Gasteiger partial charge in [0.15, 0.2) is 0 Å². The largest absolute Gasteiger partial charge is 0.341 e. The summed E-state index contributed by atoms with van der Waals surface area (Å²) in [6.07, 6.45) is 1.04. The minimum absolute atomic E-state index is 0.148. The maximum atomic E-state index is 14.2. The van der Waals surface area contributed by atoms with Gasteiger partial charge in [0, 0.05) is 30.0 Å². The van der Waals surface area contributed by atoms with E-state index in [1.165, 1.54) is 6.07 Å². The summed E-state index contributed by atoms with van der Waals surface area (Å²) in [5.74, 6) is -0.148. The molecule has 0 saturated carbocycles. The van der Waals surface area contributed by atoms with Crippen molar-refractivity contribution in [2.45, 2.75) is 26.8 Å². The molecule has 3 heteroatoms. The summed E-state index contributed by atoms with van der Waals surface area (Å²) >= 11 is 0. The van der Waals surface area contributed by atoms with Gasteiger partial charge in [-0.25, -0.2) is 4.39 Å². The van der Waals surface area contributed by atoms with Gasteiger partial charge in [0.2, 0.25) is 0 Å². The van der Waals surface area contributed by atoms with Gasteiger partial charge in [-0.1, -0.05) is 31.2 Å². The molecule has 0 radical (unpaired) electrons. The van der Waals surface area contributed by atoms with E-state index in [0.29, 0.717) is 6.54 Å². The van der Waals surface area contributed by atoms with Crippen LogP contribution < -0.4 is 10.2 Å². The Morgan fingerprint density at radius 1 is 1.00 bits per heavy atom. The van der Waals surface area contributed by atoms with E-state index in [2.05, 4.69) is 36.2 Å². The lowest BCUT2D eigenvalue weighted by molar-refractivity contribution is 0.586. The summed E-state index contributed by atoms with van der Waals surface area (Å²) in [6, 6.07) is 15.4. The Hall–Kier alpha value is -1.87. The van der Waals surface area contributed by atoms with Crippen molar-refractivity contribution in [3.63, 3.8) is 0 Å². The maximum absolute atomic E-state index is 14.2. The van der Waals surface area contributed by atoms with Gasteiger partial charge in [-0.15, -0.1) is 0 Å². The zero-order chi connectivity index (χ0) is 15.1. The van der Waals surface area contributed by atoms with Crippen LogP contribution in [0.25, 0.3) is 0 Å². The molecule has 0 saturated heterocycles. The number of rotatable bonds is 7. The van der Waals surface area contributed by atoms with Gasteiger partial charge in [-0.2, -0.15) is 0 Å². The quantitative estimate of drug-likeness (QED) is 0.755. The Kier molecular flexibility index (Phi) is 5.76. The zero-order valence-electron chi connectivity index (χ0n) is 12.8. The molecule has 0 aliphatic carbocycles. The van der Waals surface area contributed by atoms with Gasteiger partial charge in [-0.05, 0) is 44.2 Å². The molecule has 0 fully saturated rings. The Morgan fingerprint density at radius 2 is 1.76 bits per heavy atom. The summed E-state index contributed by atoms with van der Waals surface area (Å²) in [6.45, 7) is 6.44. The van der Waals surface area contributed by atoms with E-state index in [4.69, 9.17) is 0 Å². The fourth-order valence-electron chi connectivity index (χ4n) is 2.47. The number of halogens is 1. The molecule has 0 aromatic heterocycles. The van der Waals surface area contributed by atoms with Crippen LogP contribution in [0.1, 0.15) is 25.8 Å². The molecule has 2 nitrogen and oxygen atoms in total. The average Bonchev–Trinajstić information content (AvgIpc) is 2.52. The van der Waals surface area contributed by atoms with E-state index < -0.39 is 0 Å². The minimum Gasteiger partial charge on any atom is -0.341 e. The number of benzene rings is 2. The van der Waals surface area contributed by atoms with Crippen LogP contribution >= 0.6 is 0 Å². The van der Waals surface area contributed by atoms with Gasteiger partial charge in [0.25, 0.3) is 0 Å². The fraction of sp³-hybridized carbons (Fsp3) is 0.333. The third-order valence-electron chi connectivity index (χ3n) is 3.50. The molecule has 2 aromatic rings. The van der Waals surface area contributed by atoms with Crippen molar-refractivity contribution in [2.24, 2.45) is 0 Å². The lowest BCUT2D eigenvalue weighted by atomic mass is 10.1. The maximum Gasteiger partial charge on any atom is 0.129 e. The van der Waals surface area contributed by atoms with Gasteiger partial charge >= 0.3 is 0 Å². The van der Waals surface area contributed by atoms with Crippen LogP contribution in [0.2, 0.25) is 0 Å². The SMILES string of the molecule is CCCNCc1c(F)cccc1N(CC)c1ccccc1. The molecule has 0 aliphatic heterocycles. The molecule has 2 aromatic carbocycles. The molecule has 0 unspecified atom stereocenters. The summed E-state index contributed by atoms with van der Waals surface area (Å²) < 4.78 is 14.2. The van der Waals surface area contributed by atoms with Crippen molar-refractivity contribution in [1.82, 2.24) is 5.32 Å². The molecule has 2 rings (SSSR count). The predicted octanol–water partition coefficient (Wildman–Crippen LogP) is 4.48. The molecule has 0 bridgehead atoms. The topological polar surface area (TPSA) is 15.3 Å². The molecule has 1 N–H and O–H groups in total. The average molecular weight is 286 g/mol. The second-order valence-electron chi connectivity index (χ2n) is 4.99. The van der Waals surface area contributed by atoms with Crippen molar-refractivity contribution < 1.29 is 4.39 Å². The summed E-state index contributed by atoms with van der Waals surface area (Å²) in [5.41, 5.74) is 2.76. The van der Waals surface area contributed by atoms with Crippen LogP contribution in [0.15, 0.2) is 48.5 Å². The van der Waals surface area contributed by atoms with E-state index in [0.717, 1.165) is 36.4 Å². The highest BCUT2D eigenvalue weighted by Gasteiger charge is 2.14. The lowest BCUT2D eigenvalue weighted by Crippen LogP contribution is -2.21. The van der Waals surface area contributed by atoms with Crippen LogP contribution in [0, 0.1) is 5.82 Å². The van der Waals surface area contributed by atoms with Crippen LogP contribution in [0.5, 0.6) is 0 Å². The smallest absolute Gasteiger partial charge is 0.129 e. The molecule has 0 amide bonds. The number of anilines is 2. The first kappa shape index (κ1) is 15.5. The van der Waals surface area contributed by atoms with Gasteiger partial charge in [0.05, 0.1) is 0 Å². The number of nitrogens with zero attached hydrogens (tertiary/aromatic N) is 1. The first-order chi connectivity index (χ1) is 10.3. The van der Waals surface area contributed by atoms with Gasteiger partial charge in [-0.3, -0.25) is 0 Å². The van der Waals surface area contributed by atoms with E-state index in [1.807, 2.05) is 24.3 Å². The normalized spacial score (nSPS) is 10.6. The van der Waals surface area contributed by atoms with E-state index in [-0.39, 0.29) is 5.82 Å². The number of hydrogen-bond donors (Lipinski definition) is 1. The third kappa shape index (κ3) is 3.82.